The van der Waals surface area contributed by atoms with Crippen LogP contribution in [0.3, 0.4) is 0 Å². The quantitative estimate of drug-likeness (QED) is 0.746. The number of benzene rings is 1. The molecule has 4 rings (SSSR count). The molecule has 0 spiro atoms. The van der Waals surface area contributed by atoms with E-state index in [0.29, 0.717) is 48.3 Å². The molecule has 2 aliphatic heterocycles. The van der Waals surface area contributed by atoms with E-state index in [0.717, 1.165) is 6.42 Å². The van der Waals surface area contributed by atoms with E-state index in [1.807, 2.05) is 18.2 Å². The number of likely N-dealkylation sites (tertiary alicyclic amines) is 1. The maximum absolute atomic E-state index is 13.2. The molecule has 0 saturated carbocycles. The van der Waals surface area contributed by atoms with Crippen molar-refractivity contribution < 1.29 is 19.1 Å². The van der Waals surface area contributed by atoms with E-state index in [1.54, 1.807) is 35.1 Å². The molecule has 0 aliphatic carbocycles. The maximum atomic E-state index is 13.2. The third kappa shape index (κ3) is 4.70. The summed E-state index contributed by atoms with van der Waals surface area (Å²) < 4.78 is 5.37. The molecule has 8 nitrogen and oxygen atoms in total. The van der Waals surface area contributed by atoms with E-state index in [4.69, 9.17) is 16.3 Å². The summed E-state index contributed by atoms with van der Waals surface area (Å²) in [5.41, 5.74) is 0.668. The van der Waals surface area contributed by atoms with Gasteiger partial charge in [-0.15, -0.1) is 0 Å². The van der Waals surface area contributed by atoms with Gasteiger partial charge in [0, 0.05) is 32.3 Å². The van der Waals surface area contributed by atoms with E-state index in [2.05, 4.69) is 10.3 Å². The van der Waals surface area contributed by atoms with Crippen molar-refractivity contribution in [1.29, 1.82) is 0 Å². The van der Waals surface area contributed by atoms with Gasteiger partial charge >= 0.3 is 0 Å². The number of piperidine rings is 1. The molecule has 3 heterocycles. The van der Waals surface area contributed by atoms with Gasteiger partial charge < -0.3 is 19.9 Å². The summed E-state index contributed by atoms with van der Waals surface area (Å²) in [6, 6.07) is 10.6. The molecule has 0 radical (unpaired) electrons. The molecule has 1 aromatic heterocycles. The maximum Gasteiger partial charge on any atom is 0.230 e. The Hall–Kier alpha value is -3.13. The first kappa shape index (κ1) is 22.1. The lowest BCUT2D eigenvalue weighted by Crippen LogP contribution is -2.46. The van der Waals surface area contributed by atoms with E-state index in [1.165, 1.54) is 6.20 Å². The fourth-order valence-electron chi connectivity index (χ4n) is 4.29. The number of rotatable bonds is 5. The van der Waals surface area contributed by atoms with Crippen LogP contribution in [0.4, 0.5) is 11.5 Å². The number of anilines is 2. The van der Waals surface area contributed by atoms with Crippen LogP contribution in [-0.2, 0) is 14.4 Å². The number of carbonyl (C=O) groups excluding carboxylic acids is 3. The Labute approximate surface area is 191 Å². The molecule has 2 unspecified atom stereocenters. The third-order valence-electron chi connectivity index (χ3n) is 5.93. The number of nitrogens with one attached hydrogen (secondary N) is 1. The van der Waals surface area contributed by atoms with Crippen LogP contribution < -0.4 is 15.0 Å². The molecule has 32 heavy (non-hydrogen) atoms. The number of carbonyl (C=O) groups is 3. The average Bonchev–Trinajstić information content (AvgIpc) is 3.21. The zero-order chi connectivity index (χ0) is 22.7. The van der Waals surface area contributed by atoms with Crippen LogP contribution in [0.25, 0.3) is 0 Å². The highest BCUT2D eigenvalue weighted by Crippen LogP contribution is 2.33. The van der Waals surface area contributed by atoms with Crippen LogP contribution in [0.2, 0.25) is 5.02 Å². The van der Waals surface area contributed by atoms with Crippen molar-refractivity contribution in [2.24, 2.45) is 11.8 Å². The molecule has 0 bridgehead atoms. The van der Waals surface area contributed by atoms with Gasteiger partial charge in [0.25, 0.3) is 0 Å². The zero-order valence-electron chi connectivity index (χ0n) is 17.8. The summed E-state index contributed by atoms with van der Waals surface area (Å²) in [4.78, 5) is 46.0. The summed E-state index contributed by atoms with van der Waals surface area (Å²) in [6.45, 7) is 1.22. The first-order valence-corrected chi connectivity index (χ1v) is 11.0. The molecular formula is C23H25ClN4O4. The smallest absolute Gasteiger partial charge is 0.230 e. The number of nitrogens with zero attached hydrogens (tertiary/aromatic N) is 3. The Kier molecular flexibility index (Phi) is 6.60. The number of hydrogen-bond donors (Lipinski definition) is 1. The fraction of sp³-hybridized carbons (Fsp3) is 0.391. The number of pyridine rings is 1. The number of para-hydroxylation sites is 2. The summed E-state index contributed by atoms with van der Waals surface area (Å²) >= 11 is 5.84. The molecule has 2 aliphatic rings. The van der Waals surface area contributed by atoms with Crippen molar-refractivity contribution in [1.82, 2.24) is 9.88 Å². The predicted octanol–water partition coefficient (Wildman–Crippen LogP) is 2.97. The van der Waals surface area contributed by atoms with Gasteiger partial charge in [-0.2, -0.15) is 0 Å². The number of ether oxygens (including phenoxy) is 1. The summed E-state index contributed by atoms with van der Waals surface area (Å²) in [7, 11) is 1.56. The summed E-state index contributed by atoms with van der Waals surface area (Å²) in [6.07, 6.45) is 3.05. The van der Waals surface area contributed by atoms with Gasteiger partial charge in [-0.05, 0) is 37.1 Å². The number of methoxy groups -OCH3 is 1. The lowest BCUT2D eigenvalue weighted by Gasteiger charge is -2.33. The topological polar surface area (TPSA) is 91.8 Å². The summed E-state index contributed by atoms with van der Waals surface area (Å²) in [5, 5.41) is 3.28. The van der Waals surface area contributed by atoms with Crippen molar-refractivity contribution in [3.05, 3.63) is 47.6 Å². The van der Waals surface area contributed by atoms with Crippen molar-refractivity contribution in [2.45, 2.75) is 19.3 Å². The molecule has 1 N–H and O–H groups in total. The van der Waals surface area contributed by atoms with Gasteiger partial charge in [0.2, 0.25) is 17.7 Å². The lowest BCUT2D eigenvalue weighted by molar-refractivity contribution is -0.138. The number of hydrogen-bond acceptors (Lipinski definition) is 5. The van der Waals surface area contributed by atoms with Crippen LogP contribution >= 0.6 is 11.6 Å². The largest absolute Gasteiger partial charge is 0.495 e. The minimum Gasteiger partial charge on any atom is -0.495 e. The lowest BCUT2D eigenvalue weighted by atomic mass is 9.95. The number of halogens is 1. The Bertz CT molecular complexity index is 1010. The second kappa shape index (κ2) is 9.56. The minimum atomic E-state index is -0.438. The third-order valence-corrected chi connectivity index (χ3v) is 6.16. The second-order valence-electron chi connectivity index (χ2n) is 8.05. The Morgan fingerprint density at radius 1 is 1.16 bits per heavy atom. The van der Waals surface area contributed by atoms with E-state index in [9.17, 15) is 14.4 Å². The monoisotopic (exact) mass is 456 g/mol. The standard InChI is InChI=1S/C23H25ClN4O4/c1-32-19-7-3-2-6-18(19)28-14-16(11-21(28)29)23(31)27-10-4-5-15(13-27)22(30)26-20-9-8-17(24)12-25-20/h2-3,6-9,12,15-16H,4-5,10-11,13-14H2,1H3,(H,25,26,30). The Balaban J connectivity index is 1.39. The van der Waals surface area contributed by atoms with Crippen molar-refractivity contribution in [3.8, 4) is 5.75 Å². The first-order chi connectivity index (χ1) is 15.5. The average molecular weight is 457 g/mol. The van der Waals surface area contributed by atoms with Gasteiger partial charge in [-0.1, -0.05) is 23.7 Å². The van der Waals surface area contributed by atoms with Gasteiger partial charge in [-0.25, -0.2) is 4.98 Å². The second-order valence-corrected chi connectivity index (χ2v) is 8.49. The van der Waals surface area contributed by atoms with Crippen LogP contribution in [0, 0.1) is 11.8 Å². The van der Waals surface area contributed by atoms with Crippen LogP contribution in [0.1, 0.15) is 19.3 Å². The minimum absolute atomic E-state index is 0.0853. The highest BCUT2D eigenvalue weighted by Gasteiger charge is 2.39. The molecule has 2 fully saturated rings. The highest BCUT2D eigenvalue weighted by atomic mass is 35.5. The molecular weight excluding hydrogens is 432 g/mol. The van der Waals surface area contributed by atoms with Crippen molar-refractivity contribution in [3.63, 3.8) is 0 Å². The normalized spacial score (nSPS) is 20.9. The van der Waals surface area contributed by atoms with E-state index < -0.39 is 5.92 Å². The van der Waals surface area contributed by atoms with E-state index >= 15 is 0 Å². The van der Waals surface area contributed by atoms with Crippen LogP contribution in [0.15, 0.2) is 42.6 Å². The Morgan fingerprint density at radius 3 is 2.72 bits per heavy atom. The van der Waals surface area contributed by atoms with Gasteiger partial charge in [0.15, 0.2) is 0 Å². The van der Waals surface area contributed by atoms with Gasteiger partial charge in [-0.3, -0.25) is 14.4 Å². The molecule has 168 valence electrons. The highest BCUT2D eigenvalue weighted by molar-refractivity contribution is 6.30. The SMILES string of the molecule is COc1ccccc1N1CC(C(=O)N2CCCC(C(=O)Nc3ccc(Cl)cn3)C2)CC1=O. The predicted molar refractivity (Wildman–Crippen MR) is 121 cm³/mol. The molecule has 9 heteroatoms. The number of amides is 3. The Morgan fingerprint density at radius 2 is 1.97 bits per heavy atom. The van der Waals surface area contributed by atoms with Gasteiger partial charge in [0.05, 0.1) is 29.7 Å². The van der Waals surface area contributed by atoms with E-state index in [-0.39, 0.29) is 30.1 Å². The summed E-state index contributed by atoms with van der Waals surface area (Å²) in [5.74, 6) is -0.0998. The molecule has 2 aromatic rings. The van der Waals surface area contributed by atoms with Crippen LogP contribution in [-0.4, -0.2) is 54.3 Å². The van der Waals surface area contributed by atoms with Gasteiger partial charge in [0.1, 0.15) is 11.6 Å². The van der Waals surface area contributed by atoms with Crippen molar-refractivity contribution >= 4 is 40.8 Å². The molecule has 3 amide bonds. The first-order valence-electron chi connectivity index (χ1n) is 10.6. The molecule has 2 saturated heterocycles. The molecule has 2 atom stereocenters. The van der Waals surface area contributed by atoms with Crippen molar-refractivity contribution in [2.75, 3.05) is 37.0 Å². The zero-order valence-corrected chi connectivity index (χ0v) is 18.5. The number of aromatic nitrogens is 1. The fourth-order valence-corrected chi connectivity index (χ4v) is 4.40. The van der Waals surface area contributed by atoms with Crippen LogP contribution in [0.5, 0.6) is 5.75 Å². The molecule has 1 aromatic carbocycles.